The third-order valence-electron chi connectivity index (χ3n) is 4.35. The molecule has 1 saturated carbocycles. The number of aromatic nitrogens is 4. The van der Waals surface area contributed by atoms with Crippen LogP contribution in [-0.2, 0) is 9.53 Å². The van der Waals surface area contributed by atoms with E-state index in [-0.39, 0.29) is 5.56 Å². The molecule has 1 aliphatic carbocycles. The second kappa shape index (κ2) is 7.74. The van der Waals surface area contributed by atoms with Crippen LogP contribution in [0.4, 0.5) is 0 Å². The van der Waals surface area contributed by atoms with Crippen molar-refractivity contribution in [2.45, 2.75) is 37.6 Å². The summed E-state index contributed by atoms with van der Waals surface area (Å²) in [6.45, 7) is -0.452. The third kappa shape index (κ3) is 3.85. The Morgan fingerprint density at radius 1 is 1.27 bits per heavy atom. The molecular weight excluding hydrogens is 336 g/mol. The molecule has 26 heavy (non-hydrogen) atoms. The Hall–Kier alpha value is -3.28. The van der Waals surface area contributed by atoms with Crippen molar-refractivity contribution < 1.29 is 14.3 Å². The number of carbonyl (C=O) groups excluding carboxylic acids is 2. The average Bonchev–Trinajstić information content (AvgIpc) is 3.21. The fraction of sp³-hybridized carbons (Fsp3) is 0.412. The summed E-state index contributed by atoms with van der Waals surface area (Å²) in [6, 6.07) is 8.84. The second-order valence-electron chi connectivity index (χ2n) is 6.15. The first-order valence-corrected chi connectivity index (χ1v) is 8.35. The number of rotatable bonds is 5. The van der Waals surface area contributed by atoms with Gasteiger partial charge in [0.2, 0.25) is 0 Å². The topological polar surface area (TPSA) is 123 Å². The maximum absolute atomic E-state index is 12.4. The molecule has 0 saturated heterocycles. The molecule has 1 aliphatic rings. The van der Waals surface area contributed by atoms with Crippen LogP contribution < -0.4 is 5.32 Å². The van der Waals surface area contributed by atoms with E-state index in [0.29, 0.717) is 18.5 Å². The van der Waals surface area contributed by atoms with Gasteiger partial charge in [0.1, 0.15) is 11.9 Å². The van der Waals surface area contributed by atoms with Gasteiger partial charge in [-0.15, -0.1) is 5.10 Å². The lowest BCUT2D eigenvalue weighted by Crippen LogP contribution is -2.50. The maximum Gasteiger partial charge on any atom is 0.340 e. The number of hydrogen-bond acceptors (Lipinski definition) is 7. The highest BCUT2D eigenvalue weighted by Crippen LogP contribution is 2.27. The summed E-state index contributed by atoms with van der Waals surface area (Å²) in [4.78, 5) is 24.5. The number of hydrogen-bond donors (Lipinski definition) is 1. The second-order valence-corrected chi connectivity index (χ2v) is 6.15. The number of ether oxygens (including phenoxy) is 1. The van der Waals surface area contributed by atoms with Crippen LogP contribution in [0.3, 0.4) is 0 Å². The van der Waals surface area contributed by atoms with Crippen LogP contribution in [-0.4, -0.2) is 44.2 Å². The van der Waals surface area contributed by atoms with Gasteiger partial charge in [-0.1, -0.05) is 31.4 Å². The monoisotopic (exact) mass is 354 g/mol. The molecule has 0 bridgehead atoms. The van der Waals surface area contributed by atoms with Crippen LogP contribution in [0.15, 0.2) is 30.6 Å². The molecule has 1 N–H and O–H groups in total. The molecule has 134 valence electrons. The molecule has 0 unspecified atom stereocenters. The number of amides is 1. The number of nitriles is 1. The number of carbonyl (C=O) groups is 2. The van der Waals surface area contributed by atoms with Crippen LogP contribution in [0, 0.1) is 11.3 Å². The first-order chi connectivity index (χ1) is 12.6. The summed E-state index contributed by atoms with van der Waals surface area (Å²) in [5.74, 6) is -1.15. The van der Waals surface area contributed by atoms with E-state index in [1.807, 2.05) is 0 Å². The Morgan fingerprint density at radius 3 is 2.73 bits per heavy atom. The summed E-state index contributed by atoms with van der Waals surface area (Å²) in [5, 5.41) is 22.9. The van der Waals surface area contributed by atoms with Gasteiger partial charge in [-0.05, 0) is 35.4 Å². The molecule has 0 radical (unpaired) electrons. The highest BCUT2D eigenvalue weighted by molar-refractivity contribution is 5.94. The Bertz CT molecular complexity index is 821. The van der Waals surface area contributed by atoms with Crippen molar-refractivity contribution in [3.05, 3.63) is 36.2 Å². The largest absolute Gasteiger partial charge is 0.452 e. The quantitative estimate of drug-likeness (QED) is 0.799. The van der Waals surface area contributed by atoms with Gasteiger partial charge in [-0.3, -0.25) is 4.79 Å². The Kier molecular flexibility index (Phi) is 5.22. The molecule has 3 rings (SSSR count). The lowest BCUT2D eigenvalue weighted by molar-refractivity contribution is -0.125. The molecule has 9 heteroatoms. The number of esters is 1. The van der Waals surface area contributed by atoms with Crippen LogP contribution in [0.2, 0.25) is 0 Å². The van der Waals surface area contributed by atoms with E-state index in [2.05, 4.69) is 26.9 Å². The number of tetrazole rings is 1. The third-order valence-corrected chi connectivity index (χ3v) is 4.35. The number of nitrogens with zero attached hydrogens (tertiary/aromatic N) is 5. The molecule has 1 fully saturated rings. The minimum Gasteiger partial charge on any atom is -0.452 e. The van der Waals surface area contributed by atoms with Crippen molar-refractivity contribution in [1.82, 2.24) is 25.5 Å². The summed E-state index contributed by atoms with van der Waals surface area (Å²) in [7, 11) is 0. The summed E-state index contributed by atoms with van der Waals surface area (Å²) in [5.41, 5.74) is -0.171. The van der Waals surface area contributed by atoms with E-state index in [9.17, 15) is 14.9 Å². The van der Waals surface area contributed by atoms with E-state index in [0.717, 1.165) is 19.3 Å². The predicted octanol–water partition coefficient (Wildman–Crippen LogP) is 1.16. The maximum atomic E-state index is 12.4. The molecule has 1 heterocycles. The summed E-state index contributed by atoms with van der Waals surface area (Å²) in [6.07, 6.45) is 5.44. The van der Waals surface area contributed by atoms with Crippen LogP contribution in [0.25, 0.3) is 5.69 Å². The highest BCUT2D eigenvalue weighted by Gasteiger charge is 2.33. The smallest absolute Gasteiger partial charge is 0.340 e. The van der Waals surface area contributed by atoms with E-state index in [4.69, 9.17) is 4.74 Å². The zero-order chi connectivity index (χ0) is 18.4. The number of para-hydroxylation sites is 1. The van der Waals surface area contributed by atoms with E-state index in [1.54, 1.807) is 24.3 Å². The van der Waals surface area contributed by atoms with Gasteiger partial charge in [0.15, 0.2) is 6.61 Å². The van der Waals surface area contributed by atoms with E-state index >= 15 is 0 Å². The Morgan fingerprint density at radius 2 is 2.04 bits per heavy atom. The average molecular weight is 354 g/mol. The van der Waals surface area contributed by atoms with Gasteiger partial charge < -0.3 is 10.1 Å². The minimum atomic E-state index is -0.855. The van der Waals surface area contributed by atoms with Crippen LogP contribution >= 0.6 is 0 Å². The van der Waals surface area contributed by atoms with Crippen molar-refractivity contribution in [3.63, 3.8) is 0 Å². The van der Waals surface area contributed by atoms with Gasteiger partial charge in [-0.25, -0.2) is 4.79 Å². The van der Waals surface area contributed by atoms with Gasteiger partial charge in [0, 0.05) is 0 Å². The fourth-order valence-electron chi connectivity index (χ4n) is 3.05. The van der Waals surface area contributed by atoms with Crippen molar-refractivity contribution in [1.29, 1.82) is 5.26 Å². The molecular formula is C17H18N6O3. The molecule has 0 atom stereocenters. The number of nitrogens with one attached hydrogen (secondary N) is 1. The van der Waals surface area contributed by atoms with Crippen LogP contribution in [0.1, 0.15) is 42.5 Å². The Labute approximate surface area is 149 Å². The Balaban J connectivity index is 1.63. The first-order valence-electron chi connectivity index (χ1n) is 8.35. The lowest BCUT2D eigenvalue weighted by Gasteiger charge is -2.31. The standard InChI is InChI=1S/C17H18N6O3/c18-11-17(8-4-1-5-9-17)20-15(24)10-26-16(25)13-6-2-3-7-14(13)23-12-19-21-22-23/h2-3,6-7,12H,1,4-5,8-10H2,(H,20,24). The molecule has 1 aromatic carbocycles. The molecule has 1 amide bonds. The van der Waals surface area contributed by atoms with Gasteiger partial charge in [0.05, 0.1) is 17.3 Å². The fourth-order valence-corrected chi connectivity index (χ4v) is 3.05. The minimum absolute atomic E-state index is 0.236. The zero-order valence-electron chi connectivity index (χ0n) is 14.1. The predicted molar refractivity (Wildman–Crippen MR) is 89.0 cm³/mol. The normalized spacial score (nSPS) is 15.7. The SMILES string of the molecule is N#CC1(NC(=O)COC(=O)c2ccccc2-n2cnnn2)CCCCC1. The molecule has 1 aromatic heterocycles. The van der Waals surface area contributed by atoms with Crippen molar-refractivity contribution in [2.24, 2.45) is 0 Å². The molecule has 0 spiro atoms. The van der Waals surface area contributed by atoms with Crippen molar-refractivity contribution >= 4 is 11.9 Å². The van der Waals surface area contributed by atoms with Gasteiger partial charge in [-0.2, -0.15) is 9.94 Å². The van der Waals surface area contributed by atoms with E-state index < -0.39 is 24.0 Å². The zero-order valence-corrected chi connectivity index (χ0v) is 14.1. The van der Waals surface area contributed by atoms with Gasteiger partial charge >= 0.3 is 5.97 Å². The summed E-state index contributed by atoms with van der Waals surface area (Å²) >= 11 is 0. The van der Waals surface area contributed by atoms with Crippen molar-refractivity contribution in [3.8, 4) is 11.8 Å². The highest BCUT2D eigenvalue weighted by atomic mass is 16.5. The molecule has 2 aromatic rings. The first kappa shape index (κ1) is 17.5. The van der Waals surface area contributed by atoms with Crippen molar-refractivity contribution in [2.75, 3.05) is 6.61 Å². The summed E-state index contributed by atoms with van der Waals surface area (Å²) < 4.78 is 6.45. The lowest BCUT2D eigenvalue weighted by atomic mass is 9.83. The number of benzene rings is 1. The van der Waals surface area contributed by atoms with E-state index in [1.165, 1.54) is 11.0 Å². The van der Waals surface area contributed by atoms with Crippen LogP contribution in [0.5, 0.6) is 0 Å². The van der Waals surface area contributed by atoms with Gasteiger partial charge in [0.25, 0.3) is 5.91 Å². The molecule has 9 nitrogen and oxygen atoms in total. The molecule has 0 aliphatic heterocycles.